The summed E-state index contributed by atoms with van der Waals surface area (Å²) in [4.78, 5) is 54.9. The van der Waals surface area contributed by atoms with E-state index in [-0.39, 0.29) is 97.0 Å². The Morgan fingerprint density at radius 2 is 0.371 bits per heavy atom. The number of esters is 4. The van der Waals surface area contributed by atoms with E-state index in [9.17, 15) is 19.2 Å². The fraction of sp³-hybridized carbons (Fsp3) is 0.948. The number of unbranched alkanes of at least 4 members (excludes halogenated alkanes) is 44. The van der Waals surface area contributed by atoms with Gasteiger partial charge >= 0.3 is 23.9 Å². The van der Waals surface area contributed by atoms with E-state index in [0.717, 1.165) is 48.7 Å². The average Bonchev–Trinajstić information content (AvgIpc) is 3.61. The Labute approximate surface area is 570 Å². The zero-order valence-corrected chi connectivity index (χ0v) is 63.4. The molecule has 0 fully saturated rings. The summed E-state index contributed by atoms with van der Waals surface area (Å²) >= 11 is 7.23. The van der Waals surface area contributed by atoms with Gasteiger partial charge in [-0.25, -0.2) is 0 Å². The van der Waals surface area contributed by atoms with Crippen LogP contribution in [0.2, 0.25) is 0 Å². The molecule has 0 aliphatic carbocycles. The summed E-state index contributed by atoms with van der Waals surface area (Å²) in [6.07, 6.45) is 64.0. The average molecular weight is 1330 g/mol. The van der Waals surface area contributed by atoms with Gasteiger partial charge in [0.1, 0.15) is 31.8 Å². The van der Waals surface area contributed by atoms with E-state index in [0.29, 0.717) is 0 Å². The molecule has 0 rings (SSSR count). The van der Waals surface area contributed by atoms with Crippen molar-refractivity contribution >= 4 is 70.9 Å². The summed E-state index contributed by atoms with van der Waals surface area (Å²) < 4.78 is 24.4. The van der Waals surface area contributed by atoms with Crippen LogP contribution in [0.4, 0.5) is 0 Å². The lowest BCUT2D eigenvalue weighted by molar-refractivity contribution is -0.170. The molecular formula is C77H148O8S4. The van der Waals surface area contributed by atoms with Crippen molar-refractivity contribution in [3.05, 3.63) is 0 Å². The third kappa shape index (κ3) is 64.4. The van der Waals surface area contributed by atoms with Crippen molar-refractivity contribution in [2.75, 3.05) is 49.4 Å². The summed E-state index contributed by atoms with van der Waals surface area (Å²) in [6.45, 7) is 16.6. The molecule has 4 unspecified atom stereocenters. The number of rotatable bonds is 72. The normalized spacial score (nSPS) is 13.7. The van der Waals surface area contributed by atoms with Crippen LogP contribution < -0.4 is 0 Å². The minimum atomic E-state index is -1.27. The molecule has 0 aliphatic rings. The van der Waals surface area contributed by atoms with Crippen LogP contribution in [0.25, 0.3) is 0 Å². The first-order valence-corrected chi connectivity index (χ1v) is 42.7. The van der Waals surface area contributed by atoms with E-state index in [2.05, 4.69) is 55.4 Å². The third-order valence-corrected chi connectivity index (χ3v) is 22.6. The number of ether oxygens (including phenoxy) is 4. The second-order valence-corrected chi connectivity index (χ2v) is 33.4. The quantitative estimate of drug-likeness (QED) is 0.0329. The number of carbonyl (C=O) groups is 4. The Morgan fingerprint density at radius 3 is 0.517 bits per heavy atom. The van der Waals surface area contributed by atoms with Gasteiger partial charge < -0.3 is 18.9 Å². The van der Waals surface area contributed by atoms with Gasteiger partial charge in [-0.2, -0.15) is 47.0 Å². The first-order chi connectivity index (χ1) is 43.4. The third-order valence-electron chi connectivity index (χ3n) is 17.6. The van der Waals surface area contributed by atoms with Gasteiger partial charge in [-0.05, 0) is 48.7 Å². The van der Waals surface area contributed by atoms with Crippen LogP contribution in [-0.2, 0) is 38.1 Å². The molecule has 0 aromatic heterocycles. The molecule has 0 spiro atoms. The van der Waals surface area contributed by atoms with Gasteiger partial charge in [-0.1, -0.05) is 338 Å². The first kappa shape index (κ1) is 88.3. The molecule has 528 valence electrons. The minimum Gasteiger partial charge on any atom is -0.465 e. The van der Waals surface area contributed by atoms with Crippen molar-refractivity contribution in [3.63, 3.8) is 0 Å². The molecule has 0 radical (unpaired) electrons. The van der Waals surface area contributed by atoms with Gasteiger partial charge in [-0.15, -0.1) is 0 Å². The fourth-order valence-electron chi connectivity index (χ4n) is 11.5. The summed E-state index contributed by atoms with van der Waals surface area (Å²) in [5.74, 6) is 2.56. The van der Waals surface area contributed by atoms with Crippen molar-refractivity contribution in [2.24, 2.45) is 5.41 Å². The summed E-state index contributed by atoms with van der Waals surface area (Å²) in [6, 6.07) is 0. The first-order valence-electron chi connectivity index (χ1n) is 38.5. The van der Waals surface area contributed by atoms with E-state index in [1.807, 2.05) is 47.0 Å². The fourth-order valence-corrected chi connectivity index (χ4v) is 15.6. The molecule has 0 saturated carbocycles. The molecule has 0 aromatic carbocycles. The van der Waals surface area contributed by atoms with Crippen LogP contribution in [0, 0.1) is 5.41 Å². The topological polar surface area (TPSA) is 105 Å². The summed E-state index contributed by atoms with van der Waals surface area (Å²) in [7, 11) is 0. The molecule has 0 amide bonds. The smallest absolute Gasteiger partial charge is 0.306 e. The van der Waals surface area contributed by atoms with E-state index in [4.69, 9.17) is 18.9 Å². The van der Waals surface area contributed by atoms with E-state index >= 15 is 0 Å². The lowest BCUT2D eigenvalue weighted by Gasteiger charge is -2.32. The molecule has 0 aliphatic heterocycles. The highest BCUT2D eigenvalue weighted by atomic mass is 32.2. The van der Waals surface area contributed by atoms with Crippen LogP contribution in [0.5, 0.6) is 0 Å². The number of hydrogen-bond acceptors (Lipinski definition) is 12. The maximum atomic E-state index is 13.7. The highest BCUT2D eigenvalue weighted by molar-refractivity contribution is 8.00. The predicted molar refractivity (Wildman–Crippen MR) is 397 cm³/mol. The second-order valence-electron chi connectivity index (χ2n) is 27.2. The zero-order chi connectivity index (χ0) is 65.2. The number of thioether (sulfide) groups is 4. The van der Waals surface area contributed by atoms with Crippen LogP contribution in [0.1, 0.15) is 389 Å². The van der Waals surface area contributed by atoms with Gasteiger partial charge in [-0.3, -0.25) is 19.2 Å². The molecule has 0 N–H and O–H groups in total. The zero-order valence-electron chi connectivity index (χ0n) is 60.1. The Morgan fingerprint density at radius 1 is 0.236 bits per heavy atom. The van der Waals surface area contributed by atoms with Crippen LogP contribution >= 0.6 is 47.0 Å². The molecule has 0 heterocycles. The highest BCUT2D eigenvalue weighted by Gasteiger charge is 2.38. The summed E-state index contributed by atoms with van der Waals surface area (Å²) in [5.41, 5.74) is -1.27. The Kier molecular flexibility index (Phi) is 68.1. The van der Waals surface area contributed by atoms with Crippen LogP contribution in [0.15, 0.2) is 0 Å². The van der Waals surface area contributed by atoms with Crippen molar-refractivity contribution in [3.8, 4) is 0 Å². The van der Waals surface area contributed by atoms with Gasteiger partial charge in [0.25, 0.3) is 0 Å². The minimum absolute atomic E-state index is 0.0646. The number of hydrogen-bond donors (Lipinski definition) is 0. The molecule has 0 aromatic rings. The molecule has 89 heavy (non-hydrogen) atoms. The van der Waals surface area contributed by atoms with E-state index in [1.54, 1.807) is 0 Å². The molecule has 4 atom stereocenters. The predicted octanol–water partition coefficient (Wildman–Crippen LogP) is 25.0. The Balaban J connectivity index is 5.76. The summed E-state index contributed by atoms with van der Waals surface area (Å²) in [5, 5.41) is 0.258. The molecule has 8 nitrogen and oxygen atoms in total. The van der Waals surface area contributed by atoms with Gasteiger partial charge in [0, 0.05) is 21.0 Å². The Hall–Kier alpha value is -0.720. The lowest BCUT2D eigenvalue weighted by atomic mass is 9.92. The molecule has 0 saturated heterocycles. The van der Waals surface area contributed by atoms with Gasteiger partial charge in [0.2, 0.25) is 0 Å². The molecular weight excluding hydrogens is 1180 g/mol. The van der Waals surface area contributed by atoms with E-state index in [1.165, 1.54) is 283 Å². The monoisotopic (exact) mass is 1330 g/mol. The van der Waals surface area contributed by atoms with Crippen LogP contribution in [0.3, 0.4) is 0 Å². The lowest BCUT2D eigenvalue weighted by Crippen LogP contribution is -2.44. The number of carbonyl (C=O) groups excluding carboxylic acids is 4. The largest absolute Gasteiger partial charge is 0.465 e. The maximum Gasteiger partial charge on any atom is 0.306 e. The van der Waals surface area contributed by atoms with Crippen molar-refractivity contribution in [1.82, 2.24) is 0 Å². The van der Waals surface area contributed by atoms with E-state index < -0.39 is 5.41 Å². The van der Waals surface area contributed by atoms with Crippen molar-refractivity contribution < 1.29 is 38.1 Å². The second kappa shape index (κ2) is 68.7. The van der Waals surface area contributed by atoms with Crippen LogP contribution in [-0.4, -0.2) is 94.3 Å². The standard InChI is InChI=1S/C77H148O8S4/c1-9-13-17-21-25-29-33-37-41-45-49-53-57-86-69(5)61-73(78)82-65-77(66-83-74(79)62-70(6)87-58-54-50-46-42-38-34-30-26-22-18-14-10-2,67-84-75(80)63-71(7)88-59-55-51-47-43-39-35-31-27-23-19-15-11-3)68-85-76(81)64-72(8)89-60-56-52-48-44-40-36-32-28-24-20-16-12-4/h69-72H,9-68H2,1-8H3. The SMILES string of the molecule is CCCCCCCCCCCCCCSC(C)CC(=O)OCC(COC(=O)CC(C)SCCCCCCCCCCCCCC)(COC(=O)CC(C)SCCCCCCCCCCCCCC)COC(=O)CC(C)SCCCCCCCCCCCCCC. The molecule has 12 heteroatoms. The Bertz CT molecular complexity index is 1310. The maximum absolute atomic E-state index is 13.7. The van der Waals surface area contributed by atoms with Crippen molar-refractivity contribution in [1.29, 1.82) is 0 Å². The highest BCUT2D eigenvalue weighted by Crippen LogP contribution is 2.28. The van der Waals surface area contributed by atoms with Gasteiger partial charge in [0.05, 0.1) is 25.7 Å². The molecule has 0 bridgehead atoms. The van der Waals surface area contributed by atoms with Gasteiger partial charge in [0.15, 0.2) is 0 Å². The van der Waals surface area contributed by atoms with Crippen molar-refractivity contribution in [2.45, 2.75) is 410 Å².